The molecule has 0 aromatic heterocycles. The first-order valence-electron chi connectivity index (χ1n) is 8.29. The second kappa shape index (κ2) is 9.47. The van der Waals surface area contributed by atoms with Crippen LogP contribution in [0.5, 0.6) is 5.75 Å². The fraction of sp³-hybridized carbons (Fsp3) is 0.300. The number of carbonyl (C=O) groups is 2. The molecule has 2 aromatic rings. The van der Waals surface area contributed by atoms with Crippen molar-refractivity contribution >= 4 is 11.8 Å². The number of hydrogen-bond acceptors (Lipinski definition) is 3. The summed E-state index contributed by atoms with van der Waals surface area (Å²) >= 11 is 0. The fourth-order valence-corrected chi connectivity index (χ4v) is 2.42. The van der Waals surface area contributed by atoms with E-state index in [4.69, 9.17) is 4.74 Å². The maximum atomic E-state index is 11.9. The minimum Gasteiger partial charge on any atom is -0.497 e. The predicted octanol–water partition coefficient (Wildman–Crippen LogP) is 2.02. The Balaban J connectivity index is 1.66. The lowest BCUT2D eigenvalue weighted by Crippen LogP contribution is -2.38. The maximum absolute atomic E-state index is 11.9. The van der Waals surface area contributed by atoms with E-state index in [0.29, 0.717) is 6.54 Å². The van der Waals surface area contributed by atoms with Gasteiger partial charge in [-0.1, -0.05) is 36.4 Å². The van der Waals surface area contributed by atoms with Gasteiger partial charge in [-0.15, -0.1) is 0 Å². The number of rotatable bonds is 8. The molecule has 0 heterocycles. The number of nitrogens with one attached hydrogen (secondary N) is 2. The molecule has 0 radical (unpaired) electrons. The van der Waals surface area contributed by atoms with Crippen molar-refractivity contribution in [1.82, 2.24) is 10.6 Å². The van der Waals surface area contributed by atoms with Gasteiger partial charge in [-0.05, 0) is 42.2 Å². The molecule has 5 heteroatoms. The minimum absolute atomic E-state index is 0.00662. The number of benzene rings is 2. The lowest BCUT2D eigenvalue weighted by Gasteiger charge is -2.08. The SMILES string of the molecule is COc1ccc(CCNC(=O)CNC(=O)Cc2ccccc2C)cc1. The van der Waals surface area contributed by atoms with Crippen LogP contribution in [0.3, 0.4) is 0 Å². The summed E-state index contributed by atoms with van der Waals surface area (Å²) < 4.78 is 5.11. The third-order valence-electron chi connectivity index (χ3n) is 3.95. The molecule has 0 aliphatic rings. The summed E-state index contributed by atoms with van der Waals surface area (Å²) in [7, 11) is 1.63. The van der Waals surface area contributed by atoms with Crippen LogP contribution in [-0.4, -0.2) is 32.0 Å². The normalized spacial score (nSPS) is 10.2. The number of ether oxygens (including phenoxy) is 1. The van der Waals surface area contributed by atoms with Crippen molar-refractivity contribution in [3.05, 3.63) is 65.2 Å². The van der Waals surface area contributed by atoms with E-state index in [-0.39, 0.29) is 24.8 Å². The summed E-state index contributed by atoms with van der Waals surface area (Å²) in [4.78, 5) is 23.7. The van der Waals surface area contributed by atoms with E-state index >= 15 is 0 Å². The summed E-state index contributed by atoms with van der Waals surface area (Å²) in [5.41, 5.74) is 3.16. The zero-order valence-electron chi connectivity index (χ0n) is 14.7. The smallest absolute Gasteiger partial charge is 0.239 e. The molecule has 0 saturated heterocycles. The van der Waals surface area contributed by atoms with E-state index in [2.05, 4.69) is 10.6 Å². The fourth-order valence-electron chi connectivity index (χ4n) is 2.42. The Morgan fingerprint density at radius 3 is 2.36 bits per heavy atom. The maximum Gasteiger partial charge on any atom is 0.239 e. The molecule has 5 nitrogen and oxygen atoms in total. The van der Waals surface area contributed by atoms with Crippen LogP contribution in [0.2, 0.25) is 0 Å². The van der Waals surface area contributed by atoms with Gasteiger partial charge in [0.2, 0.25) is 11.8 Å². The van der Waals surface area contributed by atoms with E-state index < -0.39 is 0 Å². The van der Waals surface area contributed by atoms with Gasteiger partial charge in [-0.3, -0.25) is 9.59 Å². The Labute approximate surface area is 148 Å². The highest BCUT2D eigenvalue weighted by Crippen LogP contribution is 2.11. The first-order valence-corrected chi connectivity index (χ1v) is 8.29. The summed E-state index contributed by atoms with van der Waals surface area (Å²) in [6, 6.07) is 15.4. The van der Waals surface area contributed by atoms with Crippen LogP contribution in [0.25, 0.3) is 0 Å². The van der Waals surface area contributed by atoms with Crippen molar-refractivity contribution in [1.29, 1.82) is 0 Å². The van der Waals surface area contributed by atoms with E-state index in [1.165, 1.54) is 0 Å². The van der Waals surface area contributed by atoms with Gasteiger partial charge in [-0.2, -0.15) is 0 Å². The van der Waals surface area contributed by atoms with E-state index in [0.717, 1.165) is 28.9 Å². The molecule has 2 amide bonds. The summed E-state index contributed by atoms with van der Waals surface area (Å²) in [6.45, 7) is 2.49. The van der Waals surface area contributed by atoms with Crippen molar-refractivity contribution in [3.63, 3.8) is 0 Å². The van der Waals surface area contributed by atoms with Crippen molar-refractivity contribution in [2.75, 3.05) is 20.2 Å². The average molecular weight is 340 g/mol. The molecular weight excluding hydrogens is 316 g/mol. The van der Waals surface area contributed by atoms with Crippen LogP contribution in [-0.2, 0) is 22.4 Å². The number of carbonyl (C=O) groups excluding carboxylic acids is 2. The Morgan fingerprint density at radius 2 is 1.68 bits per heavy atom. The molecule has 0 saturated carbocycles. The first kappa shape index (κ1) is 18.5. The number of amides is 2. The molecule has 0 fully saturated rings. The molecule has 2 N–H and O–H groups in total. The Morgan fingerprint density at radius 1 is 0.960 bits per heavy atom. The van der Waals surface area contributed by atoms with Crippen LogP contribution < -0.4 is 15.4 Å². The van der Waals surface area contributed by atoms with Gasteiger partial charge < -0.3 is 15.4 Å². The van der Waals surface area contributed by atoms with Crippen molar-refractivity contribution < 1.29 is 14.3 Å². The van der Waals surface area contributed by atoms with Crippen LogP contribution >= 0.6 is 0 Å². The van der Waals surface area contributed by atoms with Gasteiger partial charge in [-0.25, -0.2) is 0 Å². The lowest BCUT2D eigenvalue weighted by molar-refractivity contribution is -0.125. The molecule has 0 aliphatic carbocycles. The molecule has 0 spiro atoms. The van der Waals surface area contributed by atoms with Gasteiger partial charge in [0.1, 0.15) is 5.75 Å². The molecule has 132 valence electrons. The third-order valence-corrected chi connectivity index (χ3v) is 3.95. The lowest BCUT2D eigenvalue weighted by atomic mass is 10.1. The molecular formula is C20H24N2O3. The molecule has 25 heavy (non-hydrogen) atoms. The Kier molecular flexibility index (Phi) is 7.01. The quantitative estimate of drug-likeness (QED) is 0.773. The average Bonchev–Trinajstić information content (AvgIpc) is 2.62. The summed E-state index contributed by atoms with van der Waals surface area (Å²) in [5, 5.41) is 5.46. The van der Waals surface area contributed by atoms with Crippen LogP contribution in [0.4, 0.5) is 0 Å². The Hall–Kier alpha value is -2.82. The van der Waals surface area contributed by atoms with Crippen molar-refractivity contribution in [2.24, 2.45) is 0 Å². The topological polar surface area (TPSA) is 67.4 Å². The highest BCUT2D eigenvalue weighted by molar-refractivity contribution is 5.85. The van der Waals surface area contributed by atoms with Crippen molar-refractivity contribution in [2.45, 2.75) is 19.8 Å². The standard InChI is InChI=1S/C20H24N2O3/c1-15-5-3-4-6-17(15)13-19(23)22-14-20(24)21-12-11-16-7-9-18(25-2)10-8-16/h3-10H,11-14H2,1-2H3,(H,21,24)(H,22,23). The van der Waals surface area contributed by atoms with E-state index in [1.807, 2.05) is 55.5 Å². The first-order chi connectivity index (χ1) is 12.1. The van der Waals surface area contributed by atoms with E-state index in [9.17, 15) is 9.59 Å². The van der Waals surface area contributed by atoms with Gasteiger partial charge in [0.25, 0.3) is 0 Å². The van der Waals surface area contributed by atoms with Gasteiger partial charge in [0, 0.05) is 6.54 Å². The zero-order chi connectivity index (χ0) is 18.1. The number of methoxy groups -OCH3 is 1. The number of hydrogen-bond donors (Lipinski definition) is 2. The third kappa shape index (κ3) is 6.30. The second-order valence-electron chi connectivity index (χ2n) is 5.83. The van der Waals surface area contributed by atoms with Crippen LogP contribution in [0.15, 0.2) is 48.5 Å². The monoisotopic (exact) mass is 340 g/mol. The van der Waals surface area contributed by atoms with Gasteiger partial charge in [0.15, 0.2) is 0 Å². The van der Waals surface area contributed by atoms with Gasteiger partial charge >= 0.3 is 0 Å². The van der Waals surface area contributed by atoms with Crippen LogP contribution in [0, 0.1) is 6.92 Å². The molecule has 0 atom stereocenters. The molecule has 2 rings (SSSR count). The largest absolute Gasteiger partial charge is 0.497 e. The highest BCUT2D eigenvalue weighted by Gasteiger charge is 2.07. The molecule has 0 unspecified atom stereocenters. The van der Waals surface area contributed by atoms with Crippen molar-refractivity contribution in [3.8, 4) is 5.75 Å². The molecule has 0 aliphatic heterocycles. The van der Waals surface area contributed by atoms with E-state index in [1.54, 1.807) is 7.11 Å². The Bertz CT molecular complexity index is 711. The highest BCUT2D eigenvalue weighted by atomic mass is 16.5. The predicted molar refractivity (Wildman–Crippen MR) is 97.6 cm³/mol. The summed E-state index contributed by atoms with van der Waals surface area (Å²) in [6.07, 6.45) is 1.01. The van der Waals surface area contributed by atoms with Gasteiger partial charge in [0.05, 0.1) is 20.1 Å². The number of aryl methyl sites for hydroxylation is 1. The molecule has 2 aromatic carbocycles. The second-order valence-corrected chi connectivity index (χ2v) is 5.83. The molecule has 0 bridgehead atoms. The van der Waals surface area contributed by atoms with Crippen LogP contribution in [0.1, 0.15) is 16.7 Å². The minimum atomic E-state index is -0.188. The summed E-state index contributed by atoms with van der Waals surface area (Å²) in [5.74, 6) is 0.468. The zero-order valence-corrected chi connectivity index (χ0v) is 14.7.